The van der Waals surface area contributed by atoms with Crippen molar-refractivity contribution in [3.8, 4) is 0 Å². The van der Waals surface area contributed by atoms with Gasteiger partial charge in [-0.1, -0.05) is 23.4 Å². The first-order valence-corrected chi connectivity index (χ1v) is 3.46. The fourth-order valence-electron chi connectivity index (χ4n) is 0.901. The fraction of sp³-hybridized carbons (Fsp3) is 0.111. The molecule has 0 saturated carbocycles. The molecule has 12 heavy (non-hydrogen) atoms. The maximum absolute atomic E-state index is 13.0. The van der Waals surface area contributed by atoms with Crippen molar-refractivity contribution < 1.29 is 9.23 Å². The fourth-order valence-corrected chi connectivity index (χ4v) is 0.901. The van der Waals surface area contributed by atoms with Crippen molar-refractivity contribution in [1.29, 1.82) is 0 Å². The summed E-state index contributed by atoms with van der Waals surface area (Å²) in [6, 6.07) is 6.36. The Morgan fingerprint density at radius 3 is 2.75 bits per heavy atom. The number of nitrogens with zero attached hydrogens (tertiary/aromatic N) is 1. The van der Waals surface area contributed by atoms with E-state index < -0.39 is 0 Å². The molecule has 0 aliphatic rings. The van der Waals surface area contributed by atoms with Crippen molar-refractivity contribution in [3.63, 3.8) is 0 Å². The lowest BCUT2D eigenvalue weighted by Crippen LogP contribution is -1.98. The molecular weight excluding hydrogens is 157 g/mol. The highest BCUT2D eigenvalue weighted by molar-refractivity contribution is 5.98. The molecule has 0 aliphatic carbocycles. The van der Waals surface area contributed by atoms with E-state index in [9.17, 15) is 4.39 Å². The van der Waals surface area contributed by atoms with Gasteiger partial charge in [-0.15, -0.1) is 0 Å². The second kappa shape index (κ2) is 3.85. The predicted octanol–water partition coefficient (Wildman–Crippen LogP) is 2.36. The van der Waals surface area contributed by atoms with Gasteiger partial charge >= 0.3 is 0 Å². The molecule has 1 rings (SSSR count). The van der Waals surface area contributed by atoms with Crippen molar-refractivity contribution in [2.24, 2.45) is 5.16 Å². The molecule has 1 radical (unpaired) electrons. The van der Waals surface area contributed by atoms with Crippen molar-refractivity contribution >= 4 is 5.71 Å². The Labute approximate surface area is 70.7 Å². The molecule has 0 spiro atoms. The van der Waals surface area contributed by atoms with Crippen LogP contribution in [0.15, 0.2) is 29.4 Å². The molecule has 3 heteroatoms. The van der Waals surface area contributed by atoms with Gasteiger partial charge in [0.2, 0.25) is 0 Å². The average Bonchev–Trinajstić information content (AvgIpc) is 2.05. The Balaban J connectivity index is 3.02. The zero-order valence-corrected chi connectivity index (χ0v) is 6.75. The standard InChI is InChI=1S/C9H9FNO/c1-7(11-12-2)8-5-3-4-6-9(8)10/h3-6H,2H2,1H3/b11-7+. The molecule has 2 nitrogen and oxygen atoms in total. The second-order valence-electron chi connectivity index (χ2n) is 2.29. The number of hydrogen-bond acceptors (Lipinski definition) is 2. The molecule has 0 fully saturated rings. The summed E-state index contributed by atoms with van der Waals surface area (Å²) in [6.07, 6.45) is 0. The van der Waals surface area contributed by atoms with Gasteiger partial charge in [0, 0.05) is 5.56 Å². The summed E-state index contributed by atoms with van der Waals surface area (Å²) in [5.74, 6) is -0.309. The van der Waals surface area contributed by atoms with E-state index in [0.717, 1.165) is 0 Å². The summed E-state index contributed by atoms with van der Waals surface area (Å²) < 4.78 is 13.0. The summed E-state index contributed by atoms with van der Waals surface area (Å²) in [7, 11) is 3.07. The minimum Gasteiger partial charge on any atom is -0.392 e. The summed E-state index contributed by atoms with van der Waals surface area (Å²) in [5, 5.41) is 3.52. The summed E-state index contributed by atoms with van der Waals surface area (Å²) in [5.41, 5.74) is 0.907. The van der Waals surface area contributed by atoms with Gasteiger partial charge in [-0.05, 0) is 13.0 Å². The SMILES string of the molecule is [CH2]O/N=C(\C)c1ccccc1F. The Morgan fingerprint density at radius 1 is 1.50 bits per heavy atom. The molecule has 0 aromatic heterocycles. The first kappa shape index (κ1) is 8.71. The lowest BCUT2D eigenvalue weighted by molar-refractivity contribution is 0.260. The molecule has 0 saturated heterocycles. The molecule has 1 aromatic carbocycles. The number of halogens is 1. The molecule has 0 heterocycles. The van der Waals surface area contributed by atoms with Crippen LogP contribution in [0.2, 0.25) is 0 Å². The van der Waals surface area contributed by atoms with Gasteiger partial charge in [-0.2, -0.15) is 0 Å². The van der Waals surface area contributed by atoms with Crippen LogP contribution in [-0.4, -0.2) is 5.71 Å². The third-order valence-electron chi connectivity index (χ3n) is 1.47. The molecule has 0 aliphatic heterocycles. The Hall–Kier alpha value is -1.38. The van der Waals surface area contributed by atoms with Gasteiger partial charge in [-0.3, -0.25) is 0 Å². The Kier molecular flexibility index (Phi) is 2.80. The van der Waals surface area contributed by atoms with Crippen LogP contribution in [0.25, 0.3) is 0 Å². The van der Waals surface area contributed by atoms with Gasteiger partial charge in [0.15, 0.2) is 7.11 Å². The molecule has 0 amide bonds. The van der Waals surface area contributed by atoms with E-state index in [4.69, 9.17) is 0 Å². The highest BCUT2D eigenvalue weighted by Gasteiger charge is 2.03. The van der Waals surface area contributed by atoms with E-state index in [-0.39, 0.29) is 5.82 Å². The predicted molar refractivity (Wildman–Crippen MR) is 45.1 cm³/mol. The maximum atomic E-state index is 13.0. The molecule has 0 N–H and O–H groups in total. The zero-order valence-electron chi connectivity index (χ0n) is 6.75. The third kappa shape index (κ3) is 1.81. The van der Waals surface area contributed by atoms with Crippen LogP contribution in [0.5, 0.6) is 0 Å². The van der Waals surface area contributed by atoms with Crippen molar-refractivity contribution in [1.82, 2.24) is 0 Å². The molecular formula is C9H9FNO. The molecule has 0 unspecified atom stereocenters. The van der Waals surface area contributed by atoms with Crippen molar-refractivity contribution in [2.45, 2.75) is 6.92 Å². The topological polar surface area (TPSA) is 21.6 Å². The van der Waals surface area contributed by atoms with E-state index in [1.165, 1.54) is 6.07 Å². The molecule has 0 bridgehead atoms. The van der Waals surface area contributed by atoms with Crippen LogP contribution >= 0.6 is 0 Å². The van der Waals surface area contributed by atoms with Gasteiger partial charge in [0.25, 0.3) is 0 Å². The highest BCUT2D eigenvalue weighted by atomic mass is 19.1. The largest absolute Gasteiger partial charge is 0.392 e. The molecule has 63 valence electrons. The van der Waals surface area contributed by atoms with E-state index in [0.29, 0.717) is 11.3 Å². The average molecular weight is 166 g/mol. The van der Waals surface area contributed by atoms with Crippen LogP contribution in [0, 0.1) is 12.9 Å². The van der Waals surface area contributed by atoms with Crippen LogP contribution in [0.1, 0.15) is 12.5 Å². The maximum Gasteiger partial charge on any atom is 0.153 e. The Bertz CT molecular complexity index is 296. The van der Waals surface area contributed by atoms with E-state index in [2.05, 4.69) is 17.1 Å². The van der Waals surface area contributed by atoms with E-state index in [1.807, 2.05) is 0 Å². The van der Waals surface area contributed by atoms with Gasteiger partial charge in [-0.25, -0.2) is 4.39 Å². The number of oxime groups is 1. The van der Waals surface area contributed by atoms with Crippen molar-refractivity contribution in [2.75, 3.05) is 0 Å². The summed E-state index contributed by atoms with van der Waals surface area (Å²) in [4.78, 5) is 4.28. The lowest BCUT2D eigenvalue weighted by Gasteiger charge is -1.99. The molecule has 0 atom stereocenters. The molecule has 1 aromatic rings. The van der Waals surface area contributed by atoms with Gasteiger partial charge in [0.1, 0.15) is 5.82 Å². The minimum atomic E-state index is -0.309. The second-order valence-corrected chi connectivity index (χ2v) is 2.29. The van der Waals surface area contributed by atoms with Gasteiger partial charge in [0.05, 0.1) is 5.71 Å². The van der Waals surface area contributed by atoms with Crippen LogP contribution in [0.3, 0.4) is 0 Å². The zero-order chi connectivity index (χ0) is 8.97. The first-order chi connectivity index (χ1) is 5.75. The van der Waals surface area contributed by atoms with Gasteiger partial charge < -0.3 is 4.84 Å². The van der Waals surface area contributed by atoms with Crippen LogP contribution < -0.4 is 0 Å². The smallest absolute Gasteiger partial charge is 0.153 e. The monoisotopic (exact) mass is 166 g/mol. The number of hydrogen-bond donors (Lipinski definition) is 0. The third-order valence-corrected chi connectivity index (χ3v) is 1.47. The first-order valence-electron chi connectivity index (χ1n) is 3.46. The summed E-state index contributed by atoms with van der Waals surface area (Å²) in [6.45, 7) is 1.66. The van der Waals surface area contributed by atoms with Crippen LogP contribution in [0.4, 0.5) is 4.39 Å². The van der Waals surface area contributed by atoms with E-state index >= 15 is 0 Å². The normalized spacial score (nSPS) is 11.4. The minimum absolute atomic E-state index is 0.309. The lowest BCUT2D eigenvalue weighted by atomic mass is 10.1. The quantitative estimate of drug-likeness (QED) is 0.488. The number of benzene rings is 1. The van der Waals surface area contributed by atoms with Crippen LogP contribution in [-0.2, 0) is 4.84 Å². The Morgan fingerprint density at radius 2 is 2.17 bits per heavy atom. The van der Waals surface area contributed by atoms with E-state index in [1.54, 1.807) is 25.1 Å². The number of rotatable bonds is 2. The van der Waals surface area contributed by atoms with Crippen molar-refractivity contribution in [3.05, 3.63) is 42.8 Å². The highest BCUT2D eigenvalue weighted by Crippen LogP contribution is 2.07. The summed E-state index contributed by atoms with van der Waals surface area (Å²) >= 11 is 0.